The largest absolute Gasteiger partial charge is 0.374 e. The zero-order chi connectivity index (χ0) is 33.5. The Morgan fingerprint density at radius 2 is 1.80 bits per heavy atom. The fraction of sp³-hybridized carbons (Fsp3) is 0.286. The van der Waals surface area contributed by atoms with Crippen molar-refractivity contribution in [2.24, 2.45) is 7.05 Å². The lowest BCUT2D eigenvalue weighted by atomic mass is 9.99. The third kappa shape index (κ3) is 6.33. The van der Waals surface area contributed by atoms with Crippen LogP contribution in [-0.4, -0.2) is 44.8 Å². The minimum absolute atomic E-state index is 0.151. The first-order chi connectivity index (χ1) is 21.7. The van der Waals surface area contributed by atoms with E-state index in [1.165, 1.54) is 6.08 Å². The molecule has 3 heterocycles. The van der Waals surface area contributed by atoms with Crippen molar-refractivity contribution in [1.82, 2.24) is 19.3 Å². The molecule has 8 nitrogen and oxygen atoms in total. The quantitative estimate of drug-likeness (QED) is 0.127. The molecule has 0 saturated heterocycles. The zero-order valence-electron chi connectivity index (χ0n) is 26.8. The molecule has 1 atom stereocenters. The number of aromatic nitrogens is 3. The molecule has 240 valence electrons. The number of nitrogens with zero attached hydrogens (tertiary/aromatic N) is 3. The van der Waals surface area contributed by atoms with E-state index in [9.17, 15) is 9.59 Å². The number of fused-ring (bicyclic) bond motifs is 2. The highest BCUT2D eigenvalue weighted by Gasteiger charge is 2.23. The van der Waals surface area contributed by atoms with Gasteiger partial charge in [0.2, 0.25) is 11.7 Å². The van der Waals surface area contributed by atoms with E-state index in [4.69, 9.17) is 21.3 Å². The maximum Gasteiger partial charge on any atom is 0.248 e. The normalized spacial score (nSPS) is 12.8. The van der Waals surface area contributed by atoms with Crippen LogP contribution in [0.4, 0.5) is 14.5 Å². The van der Waals surface area contributed by atoms with Crippen LogP contribution in [-0.2, 0) is 16.6 Å². The van der Waals surface area contributed by atoms with Crippen molar-refractivity contribution in [2.45, 2.75) is 46.3 Å². The predicted octanol–water partition coefficient (Wildman–Crippen LogP) is 7.55. The summed E-state index contributed by atoms with van der Waals surface area (Å²) in [6.07, 6.45) is 4.22. The number of hydrogen-bond donors (Lipinski definition) is 2. The Bertz CT molecular complexity index is 2000. The molecule has 0 unspecified atom stereocenters. The van der Waals surface area contributed by atoms with Crippen molar-refractivity contribution in [3.63, 3.8) is 0 Å². The van der Waals surface area contributed by atoms with Gasteiger partial charge in [0.05, 0.1) is 21.7 Å². The fourth-order valence-corrected chi connectivity index (χ4v) is 5.82. The second-order valence-electron chi connectivity index (χ2n) is 12.2. The van der Waals surface area contributed by atoms with Crippen LogP contribution in [0, 0.1) is 18.6 Å². The van der Waals surface area contributed by atoms with Gasteiger partial charge in [-0.2, -0.15) is 0 Å². The molecule has 0 radical (unpaired) electrons. The summed E-state index contributed by atoms with van der Waals surface area (Å²) in [5, 5.41) is 5.86. The predicted molar refractivity (Wildman–Crippen MR) is 178 cm³/mol. The Labute approximate surface area is 271 Å². The van der Waals surface area contributed by atoms with E-state index >= 15 is 8.78 Å². The first-order valence-electron chi connectivity index (χ1n) is 14.8. The average molecular weight is 648 g/mol. The summed E-state index contributed by atoms with van der Waals surface area (Å²) in [5.41, 5.74) is 3.81. The number of imidazole rings is 1. The lowest BCUT2D eigenvalue weighted by Gasteiger charge is -2.18. The number of rotatable bonds is 9. The lowest BCUT2D eigenvalue weighted by molar-refractivity contribution is -0.112. The van der Waals surface area contributed by atoms with Crippen LogP contribution in [0.3, 0.4) is 0 Å². The third-order valence-corrected chi connectivity index (χ3v) is 8.20. The maximum absolute atomic E-state index is 15.1. The number of hydrogen-bond acceptors (Lipinski definition) is 5. The van der Waals surface area contributed by atoms with Gasteiger partial charge in [-0.3, -0.25) is 9.59 Å². The summed E-state index contributed by atoms with van der Waals surface area (Å²) >= 11 is 7.01. The minimum Gasteiger partial charge on any atom is -0.374 e. The van der Waals surface area contributed by atoms with Gasteiger partial charge >= 0.3 is 0 Å². The first kappa shape index (κ1) is 33.0. The van der Waals surface area contributed by atoms with E-state index in [-0.39, 0.29) is 22.9 Å². The molecule has 11 heteroatoms. The molecule has 1 amide bonds. The van der Waals surface area contributed by atoms with E-state index in [1.54, 1.807) is 42.0 Å². The number of benzene rings is 2. The summed E-state index contributed by atoms with van der Waals surface area (Å²) in [7, 11) is 3.54. The Morgan fingerprint density at radius 3 is 2.46 bits per heavy atom. The highest BCUT2D eigenvalue weighted by Crippen LogP contribution is 2.40. The molecule has 46 heavy (non-hydrogen) atoms. The first-order valence-corrected chi connectivity index (χ1v) is 15.1. The van der Waals surface area contributed by atoms with E-state index in [2.05, 4.69) is 10.6 Å². The van der Waals surface area contributed by atoms with Gasteiger partial charge in [-0.25, -0.2) is 13.8 Å². The number of pyridine rings is 1. The van der Waals surface area contributed by atoms with Crippen LogP contribution in [0.2, 0.25) is 5.02 Å². The molecular formula is C35H36ClF2N5O3. The monoisotopic (exact) mass is 647 g/mol. The lowest BCUT2D eigenvalue weighted by Crippen LogP contribution is -2.35. The molecule has 5 aromatic rings. The number of nitrogens with one attached hydrogen (secondary N) is 2. The molecule has 0 saturated carbocycles. The smallest absolute Gasteiger partial charge is 0.248 e. The van der Waals surface area contributed by atoms with Crippen molar-refractivity contribution in [3.8, 4) is 11.1 Å². The second-order valence-corrected chi connectivity index (χ2v) is 12.6. The number of methoxy groups -OCH3 is 1. The van der Waals surface area contributed by atoms with Crippen molar-refractivity contribution in [1.29, 1.82) is 0 Å². The van der Waals surface area contributed by atoms with E-state index in [0.717, 1.165) is 40.2 Å². The highest BCUT2D eigenvalue weighted by molar-refractivity contribution is 6.38. The topological polar surface area (TPSA) is 89.7 Å². The van der Waals surface area contributed by atoms with Gasteiger partial charge < -0.3 is 24.3 Å². The van der Waals surface area contributed by atoms with Crippen LogP contribution in [0.25, 0.3) is 27.7 Å². The molecule has 5 rings (SSSR count). The Morgan fingerprint density at radius 1 is 1.11 bits per heavy atom. The Hall–Kier alpha value is -4.38. The molecule has 3 aromatic heterocycles. The van der Waals surface area contributed by atoms with Crippen molar-refractivity contribution in [2.75, 3.05) is 19.0 Å². The number of amides is 1. The van der Waals surface area contributed by atoms with Crippen LogP contribution >= 0.6 is 11.6 Å². The second kappa shape index (κ2) is 12.8. The molecule has 0 bridgehead atoms. The summed E-state index contributed by atoms with van der Waals surface area (Å²) in [6, 6.07) is 10.9. The summed E-state index contributed by atoms with van der Waals surface area (Å²) in [4.78, 5) is 30.6. The molecule has 0 fully saturated rings. The molecule has 0 aliphatic heterocycles. The molecule has 0 aliphatic carbocycles. The number of carbonyl (C=O) groups excluding carboxylic acids is 2. The number of aryl methyl sites for hydroxylation is 2. The summed E-state index contributed by atoms with van der Waals surface area (Å²) in [6.45, 7) is 10.2. The van der Waals surface area contributed by atoms with E-state index in [1.807, 2.05) is 58.4 Å². The molecule has 2 N–H and O–H groups in total. The average Bonchev–Trinajstić information content (AvgIpc) is 3.58. The van der Waals surface area contributed by atoms with Gasteiger partial charge in [0.1, 0.15) is 34.8 Å². The molecular weight excluding hydrogens is 612 g/mol. The van der Waals surface area contributed by atoms with E-state index in [0.29, 0.717) is 22.6 Å². The van der Waals surface area contributed by atoms with Gasteiger partial charge in [0, 0.05) is 55.2 Å². The van der Waals surface area contributed by atoms with Crippen LogP contribution in [0.1, 0.15) is 61.2 Å². The van der Waals surface area contributed by atoms with Crippen LogP contribution in [0.5, 0.6) is 0 Å². The minimum atomic E-state index is -1.06. The van der Waals surface area contributed by atoms with Crippen LogP contribution in [0.15, 0.2) is 60.8 Å². The van der Waals surface area contributed by atoms with Crippen molar-refractivity contribution < 1.29 is 23.1 Å². The number of carbonyl (C=O) groups is 2. The standard InChI is InChI=1S/C35H36ClF2N5O3/c1-19-16-27-32(41-34(42(27)6)20(2)46-7)30(36)29(19)22-10-9-15-43-25(22)12-13-26(43)33(45)21-17-23(37)31(24(38)18-21)40-28(44)11-8-14-39-35(3,4)5/h8-13,15-18,20,39H,14H2,1-7H3,(H,40,44)/b11-8+/t20-/m1/s1. The van der Waals surface area contributed by atoms with E-state index < -0.39 is 29.0 Å². The van der Waals surface area contributed by atoms with Crippen molar-refractivity contribution >= 4 is 45.5 Å². The molecule has 0 aliphatic rings. The number of halogens is 3. The Balaban J connectivity index is 1.46. The number of ether oxygens (including phenoxy) is 1. The fourth-order valence-electron chi connectivity index (χ4n) is 5.43. The van der Waals surface area contributed by atoms with Crippen LogP contribution < -0.4 is 10.6 Å². The third-order valence-electron chi connectivity index (χ3n) is 7.83. The SMILES string of the molecule is CO[C@H](C)c1nc2c(Cl)c(-c3cccn4c(C(=O)c5cc(F)c(NC(=O)/C=C/CNC(C)(C)C)c(F)c5)ccc34)c(C)cc2n1C. The molecule has 0 spiro atoms. The molecule has 2 aromatic carbocycles. The maximum atomic E-state index is 15.1. The van der Waals surface area contributed by atoms with Gasteiger partial charge in [0.25, 0.3) is 0 Å². The van der Waals surface area contributed by atoms with Gasteiger partial charge in [-0.1, -0.05) is 23.7 Å². The van der Waals surface area contributed by atoms with Crippen molar-refractivity contribution in [3.05, 3.63) is 100 Å². The van der Waals surface area contributed by atoms with Gasteiger partial charge in [0.15, 0.2) is 0 Å². The Kier molecular flexibility index (Phi) is 9.17. The van der Waals surface area contributed by atoms with Gasteiger partial charge in [-0.05, 0) is 76.6 Å². The number of ketones is 1. The zero-order valence-corrected chi connectivity index (χ0v) is 27.5. The number of anilines is 1. The summed E-state index contributed by atoms with van der Waals surface area (Å²) in [5.74, 6) is -2.68. The highest BCUT2D eigenvalue weighted by atomic mass is 35.5. The summed E-state index contributed by atoms with van der Waals surface area (Å²) < 4.78 is 39.2. The van der Waals surface area contributed by atoms with Gasteiger partial charge in [-0.15, -0.1) is 0 Å².